The Bertz CT molecular complexity index is 1070. The zero-order valence-corrected chi connectivity index (χ0v) is 12.7. The average Bonchev–Trinajstić information content (AvgIpc) is 2.63. The van der Waals surface area contributed by atoms with Crippen LogP contribution in [-0.2, 0) is 0 Å². The standard InChI is InChI=1S/C19H9F2N3O/c1-23-16(10-22)19(25)13-8-6-11-7-9-15(24-18(11)17(13)21)12-4-2-3-5-14(12)20/h2-9,16H. The first-order valence-corrected chi connectivity index (χ1v) is 7.21. The summed E-state index contributed by atoms with van der Waals surface area (Å²) in [4.78, 5) is 19.1. The van der Waals surface area contributed by atoms with Gasteiger partial charge in [0.25, 0.3) is 5.78 Å². The van der Waals surface area contributed by atoms with E-state index in [0.29, 0.717) is 5.39 Å². The first kappa shape index (κ1) is 16.2. The SMILES string of the molecule is [C-]#[N+]C(C#N)C(=O)c1ccc2ccc(-c3ccccc3F)nc2c1F. The molecule has 0 aliphatic rings. The van der Waals surface area contributed by atoms with Gasteiger partial charge in [0.2, 0.25) is 0 Å². The Morgan fingerprint density at radius 2 is 1.88 bits per heavy atom. The van der Waals surface area contributed by atoms with Gasteiger partial charge in [-0.15, -0.1) is 0 Å². The lowest BCUT2D eigenvalue weighted by Gasteiger charge is -2.07. The highest BCUT2D eigenvalue weighted by Crippen LogP contribution is 2.26. The molecule has 0 fully saturated rings. The van der Waals surface area contributed by atoms with E-state index in [4.69, 9.17) is 11.8 Å². The molecule has 4 nitrogen and oxygen atoms in total. The van der Waals surface area contributed by atoms with Gasteiger partial charge in [0.1, 0.15) is 11.3 Å². The van der Waals surface area contributed by atoms with Crippen molar-refractivity contribution in [1.82, 2.24) is 4.98 Å². The van der Waals surface area contributed by atoms with E-state index in [1.165, 1.54) is 36.4 Å². The van der Waals surface area contributed by atoms with Crippen LogP contribution in [0.15, 0.2) is 48.5 Å². The molecular weight excluding hydrogens is 324 g/mol. The van der Waals surface area contributed by atoms with Gasteiger partial charge in [-0.05, 0) is 24.3 Å². The number of benzene rings is 2. The van der Waals surface area contributed by atoms with Crippen molar-refractivity contribution in [2.45, 2.75) is 6.04 Å². The fraction of sp³-hybridized carbons (Fsp3) is 0.0526. The number of carbonyl (C=O) groups excluding carboxylic acids is 1. The first-order valence-electron chi connectivity index (χ1n) is 7.21. The smallest absolute Gasteiger partial charge is 0.288 e. The van der Waals surface area contributed by atoms with Gasteiger partial charge in [-0.25, -0.2) is 20.3 Å². The molecule has 1 heterocycles. The summed E-state index contributed by atoms with van der Waals surface area (Å²) in [6, 6.07) is 11.7. The van der Waals surface area contributed by atoms with Crippen molar-refractivity contribution in [2.24, 2.45) is 0 Å². The molecule has 0 aliphatic heterocycles. The summed E-state index contributed by atoms with van der Waals surface area (Å²) in [5.41, 5.74) is -0.0748. The summed E-state index contributed by atoms with van der Waals surface area (Å²) in [6.07, 6.45) is 0. The molecule has 3 aromatic rings. The fourth-order valence-corrected chi connectivity index (χ4v) is 2.46. The van der Waals surface area contributed by atoms with E-state index < -0.39 is 23.5 Å². The minimum Gasteiger partial charge on any atom is -0.288 e. The van der Waals surface area contributed by atoms with Gasteiger partial charge in [0.15, 0.2) is 11.9 Å². The highest BCUT2D eigenvalue weighted by Gasteiger charge is 2.28. The molecule has 0 N–H and O–H groups in total. The number of rotatable bonds is 3. The van der Waals surface area contributed by atoms with E-state index in [9.17, 15) is 13.6 Å². The van der Waals surface area contributed by atoms with Gasteiger partial charge in [0.05, 0.1) is 11.3 Å². The molecule has 3 rings (SSSR count). The highest BCUT2D eigenvalue weighted by atomic mass is 19.1. The molecule has 0 saturated carbocycles. The Labute approximate surface area is 141 Å². The van der Waals surface area contributed by atoms with Crippen molar-refractivity contribution in [3.63, 3.8) is 0 Å². The van der Waals surface area contributed by atoms with Crippen LogP contribution in [-0.4, -0.2) is 16.8 Å². The van der Waals surface area contributed by atoms with E-state index in [1.54, 1.807) is 18.2 Å². The van der Waals surface area contributed by atoms with Crippen molar-refractivity contribution in [1.29, 1.82) is 5.26 Å². The second-order valence-electron chi connectivity index (χ2n) is 5.20. The molecule has 0 radical (unpaired) electrons. The summed E-state index contributed by atoms with van der Waals surface area (Å²) >= 11 is 0. The minimum absolute atomic E-state index is 0.117. The van der Waals surface area contributed by atoms with E-state index in [2.05, 4.69) is 9.83 Å². The summed E-state index contributed by atoms with van der Waals surface area (Å²) in [7, 11) is 0. The maximum Gasteiger partial charge on any atom is 0.368 e. The Morgan fingerprint density at radius 1 is 1.16 bits per heavy atom. The quantitative estimate of drug-likeness (QED) is 0.534. The first-order chi connectivity index (χ1) is 12.1. The normalized spacial score (nSPS) is 11.5. The van der Waals surface area contributed by atoms with E-state index in [0.717, 1.165) is 0 Å². The van der Waals surface area contributed by atoms with Gasteiger partial charge in [-0.2, -0.15) is 5.26 Å². The van der Waals surface area contributed by atoms with Crippen LogP contribution in [0.2, 0.25) is 0 Å². The van der Waals surface area contributed by atoms with Crippen LogP contribution >= 0.6 is 0 Å². The third-order valence-corrected chi connectivity index (χ3v) is 3.72. The summed E-state index contributed by atoms with van der Waals surface area (Å²) in [5.74, 6) is -2.35. The van der Waals surface area contributed by atoms with Crippen LogP contribution in [0, 0.1) is 29.5 Å². The van der Waals surface area contributed by atoms with Crippen LogP contribution in [0.5, 0.6) is 0 Å². The molecular formula is C19H9F2N3O. The van der Waals surface area contributed by atoms with Gasteiger partial charge < -0.3 is 0 Å². The predicted octanol–water partition coefficient (Wildman–Crippen LogP) is 4.17. The molecule has 0 spiro atoms. The summed E-state index contributed by atoms with van der Waals surface area (Å²) in [6.45, 7) is 6.85. The molecule has 6 heteroatoms. The Kier molecular flexibility index (Phi) is 4.20. The monoisotopic (exact) mass is 333 g/mol. The summed E-state index contributed by atoms with van der Waals surface area (Å²) in [5, 5.41) is 9.24. The van der Waals surface area contributed by atoms with Gasteiger partial charge in [-0.3, -0.25) is 9.64 Å². The number of hydrogen-bond acceptors (Lipinski definition) is 3. The number of nitriles is 1. The molecule has 25 heavy (non-hydrogen) atoms. The van der Waals surface area contributed by atoms with Crippen molar-refractivity contribution in [3.05, 3.63) is 77.1 Å². The second-order valence-corrected chi connectivity index (χ2v) is 5.20. The zero-order chi connectivity index (χ0) is 18.0. The van der Waals surface area contributed by atoms with Crippen molar-refractivity contribution >= 4 is 16.7 Å². The topological polar surface area (TPSA) is 58.1 Å². The molecule has 0 amide bonds. The van der Waals surface area contributed by atoms with Crippen molar-refractivity contribution in [2.75, 3.05) is 0 Å². The number of carbonyl (C=O) groups is 1. The van der Waals surface area contributed by atoms with E-state index >= 15 is 0 Å². The Balaban J connectivity index is 2.19. The van der Waals surface area contributed by atoms with Gasteiger partial charge >= 0.3 is 6.04 Å². The van der Waals surface area contributed by atoms with Gasteiger partial charge in [-0.1, -0.05) is 24.3 Å². The van der Waals surface area contributed by atoms with Gasteiger partial charge in [0, 0.05) is 10.9 Å². The predicted molar refractivity (Wildman–Crippen MR) is 87.4 cm³/mol. The number of halogens is 2. The fourth-order valence-electron chi connectivity index (χ4n) is 2.46. The summed E-state index contributed by atoms with van der Waals surface area (Å²) < 4.78 is 28.7. The number of fused-ring (bicyclic) bond motifs is 1. The number of ketones is 1. The molecule has 0 bridgehead atoms. The molecule has 1 aromatic heterocycles. The molecule has 0 saturated heterocycles. The largest absolute Gasteiger partial charge is 0.368 e. The number of aromatic nitrogens is 1. The zero-order valence-electron chi connectivity index (χ0n) is 12.7. The molecule has 1 atom stereocenters. The number of hydrogen-bond donors (Lipinski definition) is 0. The lowest BCUT2D eigenvalue weighted by molar-refractivity contribution is 0.0988. The number of Topliss-reactive ketones (excluding diaryl/α,β-unsaturated/α-hetero) is 1. The molecule has 2 aromatic carbocycles. The highest BCUT2D eigenvalue weighted by molar-refractivity contribution is 6.05. The van der Waals surface area contributed by atoms with Crippen LogP contribution in [0.3, 0.4) is 0 Å². The van der Waals surface area contributed by atoms with E-state index in [1.807, 2.05) is 0 Å². The van der Waals surface area contributed by atoms with Crippen LogP contribution < -0.4 is 0 Å². The lowest BCUT2D eigenvalue weighted by atomic mass is 10.0. The molecule has 0 aliphatic carbocycles. The maximum atomic E-state index is 14.8. The van der Waals surface area contributed by atoms with Crippen LogP contribution in [0.1, 0.15) is 10.4 Å². The molecule has 1 unspecified atom stereocenters. The number of nitrogens with zero attached hydrogens (tertiary/aromatic N) is 3. The maximum absolute atomic E-state index is 14.8. The van der Waals surface area contributed by atoms with Crippen LogP contribution in [0.4, 0.5) is 8.78 Å². The third-order valence-electron chi connectivity index (χ3n) is 3.72. The van der Waals surface area contributed by atoms with Crippen molar-refractivity contribution < 1.29 is 13.6 Å². The average molecular weight is 333 g/mol. The van der Waals surface area contributed by atoms with Crippen molar-refractivity contribution in [3.8, 4) is 17.3 Å². The van der Waals surface area contributed by atoms with E-state index in [-0.39, 0.29) is 22.3 Å². The third kappa shape index (κ3) is 2.82. The minimum atomic E-state index is -1.61. The molecule has 120 valence electrons. The van der Waals surface area contributed by atoms with Crippen LogP contribution in [0.25, 0.3) is 27.0 Å². The second kappa shape index (κ2) is 6.46. The lowest BCUT2D eigenvalue weighted by Crippen LogP contribution is -2.16. The Morgan fingerprint density at radius 3 is 2.56 bits per heavy atom. The Hall–Kier alpha value is -3.64. The number of pyridine rings is 1.